The van der Waals surface area contributed by atoms with Gasteiger partial charge < -0.3 is 175 Å². The number of fused-ring (bicyclic) bond motifs is 7. The molecule has 14 aliphatic rings. The van der Waals surface area contributed by atoms with Gasteiger partial charge >= 0.3 is 89.5 Å². The van der Waals surface area contributed by atoms with E-state index in [9.17, 15) is 102 Å². The zero-order valence-electron chi connectivity index (χ0n) is 75.1. The van der Waals surface area contributed by atoms with Crippen LogP contribution in [0.3, 0.4) is 0 Å². The van der Waals surface area contributed by atoms with E-state index >= 15 is 0 Å². The normalized spacial score (nSPS) is 32.1. The third kappa shape index (κ3) is 36.6. The number of aliphatic carboxylic acids is 5. The summed E-state index contributed by atoms with van der Waals surface area (Å²) in [5, 5.41) is 107. The van der Waals surface area contributed by atoms with Gasteiger partial charge in [-0.3, -0.25) is 43.2 Å². The van der Waals surface area contributed by atoms with Crippen LogP contribution in [-0.2, 0) is 195 Å². The second-order valence-corrected chi connectivity index (χ2v) is 32.3. The maximum atomic E-state index is 11.7. The zero-order chi connectivity index (χ0) is 103. The summed E-state index contributed by atoms with van der Waals surface area (Å²) in [7, 11) is 0. The minimum atomic E-state index is -1.26. The second-order valence-electron chi connectivity index (χ2n) is 32.3. The lowest BCUT2D eigenvalue weighted by Gasteiger charge is -2.17. The van der Waals surface area contributed by atoms with Crippen molar-refractivity contribution in [2.24, 2.45) is 0 Å². The largest absolute Gasteiger partial charge is 0.513 e. The molecule has 0 unspecified atom stereocenters. The van der Waals surface area contributed by atoms with Gasteiger partial charge in [0, 0.05) is 67.9 Å². The van der Waals surface area contributed by atoms with Gasteiger partial charge in [0.1, 0.15) is 110 Å². The van der Waals surface area contributed by atoms with Gasteiger partial charge in [-0.25, -0.2) is 38.4 Å². The maximum Gasteiger partial charge on any atom is 0.331 e. The molecule has 53 nitrogen and oxygen atoms in total. The molecule has 14 heterocycles. The van der Waals surface area contributed by atoms with Gasteiger partial charge in [-0.1, -0.05) is 19.7 Å². The Labute approximate surface area is 794 Å². The van der Waals surface area contributed by atoms with Crippen molar-refractivity contribution >= 4 is 101 Å². The minimum absolute atomic E-state index is 0.0123. The Morgan fingerprint density at radius 2 is 0.364 bits per heavy atom. The van der Waals surface area contributed by atoms with E-state index in [0.717, 1.165) is 42.5 Å². The van der Waals surface area contributed by atoms with Crippen molar-refractivity contribution in [3.05, 3.63) is 97.8 Å². The predicted octanol–water partition coefficient (Wildman–Crippen LogP) is -3.45. The van der Waals surface area contributed by atoms with E-state index in [4.69, 9.17) is 155 Å². The molecule has 0 spiro atoms. The van der Waals surface area contributed by atoms with E-state index in [-0.39, 0.29) is 192 Å². The quantitative estimate of drug-likeness (QED) is 0.0127. The molecule has 0 radical (unpaired) electrons. The monoisotopic (exact) mass is 2000 g/mol. The van der Waals surface area contributed by atoms with Crippen LogP contribution in [0.1, 0.15) is 78.1 Å². The number of rotatable bonds is 35. The van der Waals surface area contributed by atoms with Crippen molar-refractivity contribution in [1.82, 2.24) is 0 Å². The molecule has 14 aliphatic heterocycles. The molecule has 28 atom stereocenters. The number of ether oxygens (including phenoxy) is 24. The highest BCUT2D eigenvalue weighted by Crippen LogP contribution is 2.37. The fraction of sp³-hybridized carbons (Fsp3) is 0.621. The van der Waals surface area contributed by atoms with Crippen LogP contribution in [0.15, 0.2) is 97.8 Å². The fourth-order valence-corrected chi connectivity index (χ4v) is 15.1. The first-order valence-electron chi connectivity index (χ1n) is 43.4. The molecule has 0 bridgehead atoms. The molecule has 0 amide bonds. The van der Waals surface area contributed by atoms with Gasteiger partial charge in [0.2, 0.25) is 0 Å². The van der Waals surface area contributed by atoms with E-state index < -0.39 is 254 Å². The number of aliphatic hydroxyl groups is 7. The number of ketones is 2. The van der Waals surface area contributed by atoms with E-state index in [1.54, 1.807) is 0 Å². The molecule has 53 heteroatoms. The molecule has 0 aliphatic carbocycles. The Balaban J connectivity index is 0.000000201. The fourth-order valence-electron chi connectivity index (χ4n) is 15.1. The third-order valence-electron chi connectivity index (χ3n) is 21.5. The maximum absolute atomic E-state index is 11.7. The number of carbonyl (C=O) groups is 17. The number of aliphatic hydroxyl groups excluding tert-OH is 7. The Hall–Kier alpha value is -12.0. The molecule has 140 heavy (non-hydrogen) atoms. The summed E-state index contributed by atoms with van der Waals surface area (Å²) in [6.45, 7) is 14.4. The highest BCUT2D eigenvalue weighted by Gasteiger charge is 2.57. The van der Waals surface area contributed by atoms with E-state index in [1.165, 1.54) is 13.8 Å². The molecule has 0 aromatic heterocycles. The second kappa shape index (κ2) is 55.8. The highest BCUT2D eigenvalue weighted by molar-refractivity contribution is 5.96. The molecule has 776 valence electrons. The van der Waals surface area contributed by atoms with Crippen molar-refractivity contribution in [3.8, 4) is 0 Å². The molecule has 14 saturated heterocycles. The first-order chi connectivity index (χ1) is 66.4. The van der Waals surface area contributed by atoms with E-state index in [0.29, 0.717) is 18.2 Å². The molecular formula is C87H110O53. The lowest BCUT2D eigenvalue weighted by Crippen LogP contribution is -2.35. The molecule has 0 aromatic carbocycles. The summed E-state index contributed by atoms with van der Waals surface area (Å²) in [5.74, 6) is -13.1. The molecule has 0 saturated carbocycles. The number of allylic oxidation sites excluding steroid dienone is 5. The first kappa shape index (κ1) is 113. The SMILES string of the molecule is C=C(O)CCC(=O)O[C@@H]1CO[C@H]2[C@@H]1OC[C@H]2OC(=O)/C=C/C(=O)O.C=C(O)CCC(=O)O[C@H]1CO[C@H]2[C@@H]1OC[C@H]2O.C=C(O)CCC(=O)O[C@H]1CO[C@H]2[C@@H]1OC[C@H]2OC(=O)/C=C/C(=O)O.CC(=O)/C=C/C(=O)O[C@H]1CO[C@H]2[C@@H]1OC[C@H]2O.CC(=O)/C=C/C(=O)O[C@H]1CO[C@H]2[C@@H]1OC[C@H]2OC(=O)CCC(=O)O.O=C(O)/C=C/C(=O)O[C@@H]1CO[C@H]2[C@@H]1OC[C@@H]2O.O=C(O)CCC(=O)O[C@@H]1CO[C@H]2[C@@H]1OC[C@@H]2O. The van der Waals surface area contributed by atoms with Crippen LogP contribution >= 0.6 is 0 Å². The minimum Gasteiger partial charge on any atom is -0.513 e. The van der Waals surface area contributed by atoms with Gasteiger partial charge in [0.05, 0.1) is 155 Å². The van der Waals surface area contributed by atoms with Gasteiger partial charge in [-0.05, 0) is 26.0 Å². The van der Waals surface area contributed by atoms with Crippen LogP contribution in [0, 0.1) is 0 Å². The standard InChI is InChI=1S/3C15H18O9.C11H16O6.C11H14O6.C10H14O7.C10H12O7/c3*1-8(16)2-4-12(19)23-9-6-21-15-10(7-22-14(9)15)24-13(20)5-3-11(17)18;2*1-6(12)2-3-9(14)17-8-5-16-10-7(13)4-15-11(8)10;2*11-5-3-15-10-6(4-16-9(5)10)17-8(14)2-1-7(12)13/h2,4,9-10,14-15H,3,5-7H2,1H3,(H,17,18);2*3,5,9-10,14-16H,1-2,4,6-7H2,(H,17,18);7-8,10-13H,1-5H2;2-3,7-8,10-11,13H,4-5H2,1H3;5-6,9-11H,1-4H2,(H,12,13);1-2,5-6,9-11H,3-4H2,(H,12,13)/b4-2+;2*5-3+;;3-2+;;2-1+/t2*9-,10+,14+,15+;9-,10-,14-,15-;2*7-,8+,10-,11-;2*5-,6+,9+,10+/m0011100/s1. The van der Waals surface area contributed by atoms with Crippen molar-refractivity contribution < 1.29 is 256 Å². The molecule has 0 aromatic rings. The third-order valence-corrected chi connectivity index (χ3v) is 21.5. The summed E-state index contributed by atoms with van der Waals surface area (Å²) in [6, 6.07) is 0. The summed E-state index contributed by atoms with van der Waals surface area (Å²) < 4.78 is 126. The highest BCUT2D eigenvalue weighted by atomic mass is 16.7. The van der Waals surface area contributed by atoms with Gasteiger partial charge in [0.25, 0.3) is 0 Å². The Morgan fingerprint density at radius 1 is 0.214 bits per heavy atom. The smallest absolute Gasteiger partial charge is 0.331 e. The Morgan fingerprint density at radius 3 is 0.529 bits per heavy atom. The van der Waals surface area contributed by atoms with Crippen LogP contribution in [0.5, 0.6) is 0 Å². The number of hydrogen-bond acceptors (Lipinski definition) is 48. The molecule has 14 rings (SSSR count). The van der Waals surface area contributed by atoms with Gasteiger partial charge in [-0.2, -0.15) is 0 Å². The van der Waals surface area contributed by atoms with E-state index in [1.807, 2.05) is 0 Å². The predicted molar refractivity (Wildman–Crippen MR) is 446 cm³/mol. The van der Waals surface area contributed by atoms with Crippen LogP contribution in [0.25, 0.3) is 0 Å². The molecule has 12 N–H and O–H groups in total. The zero-order valence-corrected chi connectivity index (χ0v) is 75.1. The van der Waals surface area contributed by atoms with Crippen molar-refractivity contribution in [2.45, 2.75) is 249 Å². The van der Waals surface area contributed by atoms with Crippen LogP contribution < -0.4 is 0 Å². The number of hydrogen-bond donors (Lipinski definition) is 12. The summed E-state index contributed by atoms with van der Waals surface area (Å²) in [5.41, 5.74) is 0. The number of carboxylic acid groups (broad SMARTS) is 5. The first-order valence-corrected chi connectivity index (χ1v) is 43.4. The number of esters is 10. The van der Waals surface area contributed by atoms with Crippen molar-refractivity contribution in [2.75, 3.05) is 92.5 Å². The topological polar surface area (TPSA) is 754 Å². The summed E-state index contributed by atoms with van der Waals surface area (Å²) in [6.07, 6.45) is -7.59. The van der Waals surface area contributed by atoms with Gasteiger partial charge in [0.15, 0.2) is 72.6 Å². The number of carbonyl (C=O) groups excluding carboxylic acids is 12. The van der Waals surface area contributed by atoms with Crippen LogP contribution in [0.2, 0.25) is 0 Å². The van der Waals surface area contributed by atoms with Crippen molar-refractivity contribution in [1.29, 1.82) is 0 Å². The number of carboxylic acids is 5. The summed E-state index contributed by atoms with van der Waals surface area (Å²) >= 11 is 0. The van der Waals surface area contributed by atoms with E-state index in [2.05, 4.69) is 19.7 Å². The van der Waals surface area contributed by atoms with Gasteiger partial charge in [-0.15, -0.1) is 0 Å². The lowest BCUT2D eigenvalue weighted by atomic mass is 10.1. The summed E-state index contributed by atoms with van der Waals surface area (Å²) in [4.78, 5) is 188. The average molecular weight is 2000 g/mol. The molecule has 14 fully saturated rings. The Kier molecular flexibility index (Phi) is 45.2. The lowest BCUT2D eigenvalue weighted by molar-refractivity contribution is -0.156. The average Bonchev–Trinajstić information content (AvgIpc) is 1.62. The van der Waals surface area contributed by atoms with Crippen molar-refractivity contribution in [3.63, 3.8) is 0 Å². The van der Waals surface area contributed by atoms with Crippen LogP contribution in [0.4, 0.5) is 0 Å². The molecular weight excluding hydrogens is 1890 g/mol. The Bertz CT molecular complexity index is 4170. The van der Waals surface area contributed by atoms with Crippen LogP contribution in [-0.4, -0.2) is 426 Å².